The highest BCUT2D eigenvalue weighted by molar-refractivity contribution is 5.95. The lowest BCUT2D eigenvalue weighted by Gasteiger charge is -2.10. The highest BCUT2D eigenvalue weighted by Crippen LogP contribution is 2.32. The molecule has 0 saturated carbocycles. The van der Waals surface area contributed by atoms with Crippen LogP contribution in [0.2, 0.25) is 0 Å². The molecule has 1 aromatic heterocycles. The molecule has 1 N–H and O–H groups in total. The Morgan fingerprint density at radius 2 is 1.70 bits per heavy atom. The van der Waals surface area contributed by atoms with Crippen LogP contribution in [0.25, 0.3) is 11.1 Å². The summed E-state index contributed by atoms with van der Waals surface area (Å²) in [5.41, 5.74) is 2.89. The zero-order chi connectivity index (χ0) is 19.2. The van der Waals surface area contributed by atoms with E-state index in [2.05, 4.69) is 10.3 Å². The van der Waals surface area contributed by atoms with Gasteiger partial charge in [-0.1, -0.05) is 18.2 Å². The number of carbonyl (C=O) groups excluding carboxylic acids is 1. The van der Waals surface area contributed by atoms with Gasteiger partial charge in [-0.15, -0.1) is 0 Å². The van der Waals surface area contributed by atoms with Crippen molar-refractivity contribution < 1.29 is 18.7 Å². The maximum Gasteiger partial charge on any atom is 0.253 e. The summed E-state index contributed by atoms with van der Waals surface area (Å²) in [4.78, 5) is 16.6. The first-order chi connectivity index (χ1) is 13.1. The Labute approximate surface area is 156 Å². The second-order valence-corrected chi connectivity index (χ2v) is 5.84. The number of aromatic nitrogens is 1. The second-order valence-electron chi connectivity index (χ2n) is 5.84. The molecule has 0 atom stereocenters. The number of ether oxygens (including phenoxy) is 2. The Balaban J connectivity index is 1.76. The zero-order valence-corrected chi connectivity index (χ0v) is 15.0. The lowest BCUT2D eigenvalue weighted by atomic mass is 10.0. The molecule has 0 aliphatic carbocycles. The van der Waals surface area contributed by atoms with E-state index < -0.39 is 0 Å². The van der Waals surface area contributed by atoms with Crippen molar-refractivity contribution >= 4 is 5.91 Å². The molecule has 1 amide bonds. The van der Waals surface area contributed by atoms with Gasteiger partial charge in [0.25, 0.3) is 5.91 Å². The van der Waals surface area contributed by atoms with Gasteiger partial charge in [0.05, 0.1) is 19.8 Å². The number of nitrogens with zero attached hydrogens (tertiary/aromatic N) is 1. The van der Waals surface area contributed by atoms with E-state index in [1.165, 1.54) is 18.3 Å². The summed E-state index contributed by atoms with van der Waals surface area (Å²) in [5, 5.41) is 2.81. The van der Waals surface area contributed by atoms with Gasteiger partial charge in [0.2, 0.25) is 0 Å². The Bertz CT molecular complexity index is 942. The minimum atomic E-state index is -0.308. The highest BCUT2D eigenvalue weighted by atomic mass is 19.1. The molecular weight excluding hydrogens is 347 g/mol. The summed E-state index contributed by atoms with van der Waals surface area (Å²) < 4.78 is 23.5. The average Bonchev–Trinajstić information content (AvgIpc) is 2.72. The standard InChI is InChI=1S/C21H19FN2O3/c1-26-19-8-5-15(10-20(19)27-2)16-9-17(13-23-12-16)21(25)24-11-14-3-6-18(22)7-4-14/h3-10,12-13H,11H2,1-2H3,(H,24,25). The van der Waals surface area contributed by atoms with E-state index in [-0.39, 0.29) is 11.7 Å². The fraction of sp³-hybridized carbons (Fsp3) is 0.143. The quantitative estimate of drug-likeness (QED) is 0.720. The van der Waals surface area contributed by atoms with Crippen LogP contribution >= 0.6 is 0 Å². The van der Waals surface area contributed by atoms with Crippen LogP contribution in [0.4, 0.5) is 4.39 Å². The zero-order valence-electron chi connectivity index (χ0n) is 15.0. The van der Waals surface area contributed by atoms with Crippen molar-refractivity contribution in [2.45, 2.75) is 6.54 Å². The van der Waals surface area contributed by atoms with Crippen molar-refractivity contribution in [3.8, 4) is 22.6 Å². The van der Waals surface area contributed by atoms with Crippen LogP contribution in [0.15, 0.2) is 60.9 Å². The Kier molecular flexibility index (Phi) is 5.66. The molecule has 138 valence electrons. The Hall–Kier alpha value is -3.41. The third kappa shape index (κ3) is 4.41. The number of nitrogens with one attached hydrogen (secondary N) is 1. The second kappa shape index (κ2) is 8.31. The lowest BCUT2D eigenvalue weighted by Crippen LogP contribution is -2.22. The van der Waals surface area contributed by atoms with Crippen molar-refractivity contribution in [2.75, 3.05) is 14.2 Å². The number of halogens is 1. The average molecular weight is 366 g/mol. The van der Waals surface area contributed by atoms with Crippen LogP contribution in [0.5, 0.6) is 11.5 Å². The first-order valence-corrected chi connectivity index (χ1v) is 8.31. The first kappa shape index (κ1) is 18.4. The molecule has 0 unspecified atom stereocenters. The molecule has 0 aliphatic rings. The molecule has 2 aromatic carbocycles. The van der Waals surface area contributed by atoms with Gasteiger partial charge in [0.15, 0.2) is 11.5 Å². The van der Waals surface area contributed by atoms with Crippen LogP contribution < -0.4 is 14.8 Å². The van der Waals surface area contributed by atoms with Gasteiger partial charge in [0, 0.05) is 24.5 Å². The molecule has 0 aliphatic heterocycles. The smallest absolute Gasteiger partial charge is 0.253 e. The predicted octanol–water partition coefficient (Wildman–Crippen LogP) is 3.83. The summed E-state index contributed by atoms with van der Waals surface area (Å²) in [5.74, 6) is 0.662. The van der Waals surface area contributed by atoms with E-state index in [4.69, 9.17) is 9.47 Å². The summed E-state index contributed by atoms with van der Waals surface area (Å²) in [6.07, 6.45) is 3.18. The number of carbonyl (C=O) groups is 1. The number of rotatable bonds is 6. The van der Waals surface area contributed by atoms with E-state index in [0.717, 1.165) is 16.7 Å². The van der Waals surface area contributed by atoms with Crippen LogP contribution in [-0.2, 0) is 6.54 Å². The molecule has 5 nitrogen and oxygen atoms in total. The van der Waals surface area contributed by atoms with E-state index in [0.29, 0.717) is 23.6 Å². The summed E-state index contributed by atoms with van der Waals surface area (Å²) in [7, 11) is 3.14. The molecule has 0 fully saturated rings. The predicted molar refractivity (Wildman–Crippen MR) is 100 cm³/mol. The number of pyridine rings is 1. The molecule has 27 heavy (non-hydrogen) atoms. The molecular formula is C21H19FN2O3. The van der Waals surface area contributed by atoms with Crippen molar-refractivity contribution in [1.29, 1.82) is 0 Å². The van der Waals surface area contributed by atoms with Gasteiger partial charge < -0.3 is 14.8 Å². The number of amides is 1. The third-order valence-corrected chi connectivity index (χ3v) is 4.08. The van der Waals surface area contributed by atoms with Crippen molar-refractivity contribution in [3.63, 3.8) is 0 Å². The largest absolute Gasteiger partial charge is 0.493 e. The van der Waals surface area contributed by atoms with Gasteiger partial charge >= 0.3 is 0 Å². The first-order valence-electron chi connectivity index (χ1n) is 8.31. The SMILES string of the molecule is COc1ccc(-c2cncc(C(=O)NCc3ccc(F)cc3)c2)cc1OC. The van der Waals surface area contributed by atoms with E-state index in [9.17, 15) is 9.18 Å². The van der Waals surface area contributed by atoms with Crippen molar-refractivity contribution in [3.05, 3.63) is 77.9 Å². The van der Waals surface area contributed by atoms with Crippen LogP contribution in [0.3, 0.4) is 0 Å². The summed E-state index contributed by atoms with van der Waals surface area (Å²) in [6.45, 7) is 0.305. The molecule has 3 aromatic rings. The van der Waals surface area contributed by atoms with Crippen molar-refractivity contribution in [2.24, 2.45) is 0 Å². The molecule has 3 rings (SSSR count). The Morgan fingerprint density at radius 3 is 2.41 bits per heavy atom. The lowest BCUT2D eigenvalue weighted by molar-refractivity contribution is 0.0950. The van der Waals surface area contributed by atoms with Gasteiger partial charge in [-0.25, -0.2) is 4.39 Å². The summed E-state index contributed by atoms with van der Waals surface area (Å²) >= 11 is 0. The Morgan fingerprint density at radius 1 is 0.963 bits per heavy atom. The fourth-order valence-corrected chi connectivity index (χ4v) is 2.62. The fourth-order valence-electron chi connectivity index (χ4n) is 2.62. The van der Waals surface area contributed by atoms with E-state index in [1.54, 1.807) is 44.7 Å². The maximum absolute atomic E-state index is 12.9. The topological polar surface area (TPSA) is 60.5 Å². The highest BCUT2D eigenvalue weighted by Gasteiger charge is 2.10. The number of methoxy groups -OCH3 is 2. The molecule has 6 heteroatoms. The molecule has 0 radical (unpaired) electrons. The van der Waals surface area contributed by atoms with Crippen molar-refractivity contribution in [1.82, 2.24) is 10.3 Å². The van der Waals surface area contributed by atoms with Crippen LogP contribution in [0, 0.1) is 5.82 Å². The number of hydrogen-bond donors (Lipinski definition) is 1. The van der Waals surface area contributed by atoms with Gasteiger partial charge in [-0.05, 0) is 41.5 Å². The van der Waals surface area contributed by atoms with Gasteiger partial charge in [0.1, 0.15) is 5.82 Å². The van der Waals surface area contributed by atoms with Crippen LogP contribution in [-0.4, -0.2) is 25.1 Å². The summed E-state index contributed by atoms with van der Waals surface area (Å²) in [6, 6.07) is 13.3. The number of hydrogen-bond acceptors (Lipinski definition) is 4. The normalized spacial score (nSPS) is 10.3. The maximum atomic E-state index is 12.9. The van der Waals surface area contributed by atoms with Crippen LogP contribution in [0.1, 0.15) is 15.9 Å². The monoisotopic (exact) mass is 366 g/mol. The minimum absolute atomic E-state index is 0.255. The van der Waals surface area contributed by atoms with Gasteiger partial charge in [-0.2, -0.15) is 0 Å². The van der Waals surface area contributed by atoms with E-state index >= 15 is 0 Å². The molecule has 0 spiro atoms. The van der Waals surface area contributed by atoms with Gasteiger partial charge in [-0.3, -0.25) is 9.78 Å². The minimum Gasteiger partial charge on any atom is -0.493 e. The molecule has 1 heterocycles. The molecule has 0 bridgehead atoms. The molecule has 0 saturated heterocycles. The third-order valence-electron chi connectivity index (χ3n) is 4.08. The van der Waals surface area contributed by atoms with E-state index in [1.807, 2.05) is 12.1 Å². The number of benzene rings is 2.